The van der Waals surface area contributed by atoms with Gasteiger partial charge in [0.15, 0.2) is 0 Å². The predicted octanol–water partition coefficient (Wildman–Crippen LogP) is 4.70. The molecule has 0 aromatic rings. The van der Waals surface area contributed by atoms with Crippen molar-refractivity contribution in [3.63, 3.8) is 0 Å². The maximum absolute atomic E-state index is 10.6. The van der Waals surface area contributed by atoms with Gasteiger partial charge in [0.2, 0.25) is 0 Å². The van der Waals surface area contributed by atoms with Gasteiger partial charge in [0.25, 0.3) is 0 Å². The molecule has 0 aromatic heterocycles. The third-order valence-corrected chi connectivity index (χ3v) is 7.70. The van der Waals surface area contributed by atoms with Crippen LogP contribution in [0.25, 0.3) is 0 Å². The normalized spacial score (nSPS) is 15.5. The molecule has 0 rings (SSSR count). The van der Waals surface area contributed by atoms with Crippen LogP contribution in [0.3, 0.4) is 0 Å². The fourth-order valence-electron chi connectivity index (χ4n) is 3.77. The molecule has 0 saturated carbocycles. The van der Waals surface area contributed by atoms with E-state index in [9.17, 15) is 20.4 Å². The van der Waals surface area contributed by atoms with Crippen molar-refractivity contribution in [1.29, 1.82) is 0 Å². The van der Waals surface area contributed by atoms with Gasteiger partial charge >= 0.3 is 0 Å². The highest BCUT2D eigenvalue weighted by atomic mass is 32.2. The topological polar surface area (TPSA) is 99.4 Å². The SMILES string of the molecule is CCCCCCCCOCC(O)C(CCO)SC(CCO)C(O)COCCCCCCCC. The third-order valence-electron chi connectivity index (χ3n) is 5.90. The van der Waals surface area contributed by atoms with Crippen LogP contribution in [0.5, 0.6) is 0 Å². The molecule has 0 bridgehead atoms. The molecule has 200 valence electrons. The Morgan fingerprint density at radius 2 is 0.939 bits per heavy atom. The minimum Gasteiger partial charge on any atom is -0.396 e. The lowest BCUT2D eigenvalue weighted by Gasteiger charge is -2.29. The summed E-state index contributed by atoms with van der Waals surface area (Å²) in [7, 11) is 0. The second-order valence-corrected chi connectivity index (χ2v) is 10.5. The van der Waals surface area contributed by atoms with Crippen LogP contribution < -0.4 is 0 Å². The van der Waals surface area contributed by atoms with Crippen LogP contribution >= 0.6 is 11.8 Å². The van der Waals surface area contributed by atoms with Crippen LogP contribution in [-0.2, 0) is 9.47 Å². The molecule has 0 aromatic carbocycles. The van der Waals surface area contributed by atoms with Gasteiger partial charge in [-0.05, 0) is 25.7 Å². The molecule has 0 amide bonds. The molecule has 4 unspecified atom stereocenters. The minimum atomic E-state index is -0.723. The summed E-state index contributed by atoms with van der Waals surface area (Å²) >= 11 is 1.43. The second kappa shape index (κ2) is 25.2. The minimum absolute atomic E-state index is 0.0391. The average Bonchev–Trinajstić information content (AvgIpc) is 2.81. The van der Waals surface area contributed by atoms with E-state index in [1.165, 1.54) is 63.1 Å². The van der Waals surface area contributed by atoms with Crippen LogP contribution in [0.15, 0.2) is 0 Å². The van der Waals surface area contributed by atoms with Crippen LogP contribution in [0.4, 0.5) is 0 Å². The highest BCUT2D eigenvalue weighted by Gasteiger charge is 2.28. The molecule has 0 aliphatic heterocycles. The summed E-state index contributed by atoms with van der Waals surface area (Å²) in [5, 5.41) is 39.6. The van der Waals surface area contributed by atoms with Crippen LogP contribution in [0.1, 0.15) is 104 Å². The zero-order valence-corrected chi connectivity index (χ0v) is 22.3. The van der Waals surface area contributed by atoms with Gasteiger partial charge in [0.05, 0.1) is 25.4 Å². The average molecular weight is 495 g/mol. The number of aliphatic hydroxyl groups excluding tert-OH is 4. The molecule has 0 aliphatic carbocycles. The lowest BCUT2D eigenvalue weighted by Crippen LogP contribution is -2.36. The molecule has 4 atom stereocenters. The summed E-state index contributed by atoms with van der Waals surface area (Å²) < 4.78 is 11.4. The first-order valence-electron chi connectivity index (χ1n) is 13.5. The zero-order chi connectivity index (χ0) is 24.6. The Labute approximate surface area is 207 Å². The number of rotatable bonds is 26. The smallest absolute Gasteiger partial charge is 0.0892 e. The fraction of sp³-hybridized carbons (Fsp3) is 1.00. The first-order chi connectivity index (χ1) is 16.1. The molecular formula is C26H54O6S. The monoisotopic (exact) mass is 494 g/mol. The standard InChI is InChI=1S/C26H54O6S/c1-3-5-7-9-11-13-19-31-21-23(29)25(15-17-27)33-26(16-18-28)24(30)22-32-20-14-12-10-8-6-4-2/h23-30H,3-22H2,1-2H3. The van der Waals surface area contributed by atoms with Crippen molar-refractivity contribution in [2.75, 3.05) is 39.6 Å². The fourth-order valence-corrected chi connectivity index (χ4v) is 5.22. The van der Waals surface area contributed by atoms with Crippen molar-refractivity contribution < 1.29 is 29.9 Å². The molecule has 0 fully saturated rings. The number of hydrogen-bond acceptors (Lipinski definition) is 7. The summed E-state index contributed by atoms with van der Waals surface area (Å²) in [6, 6.07) is 0. The number of unbranched alkanes of at least 4 members (excludes halogenated alkanes) is 10. The molecule has 6 nitrogen and oxygen atoms in total. The van der Waals surface area contributed by atoms with Gasteiger partial charge < -0.3 is 29.9 Å². The quantitative estimate of drug-likeness (QED) is 0.129. The summed E-state index contributed by atoms with van der Waals surface area (Å²) in [5.41, 5.74) is 0. The van der Waals surface area contributed by atoms with E-state index < -0.39 is 12.2 Å². The molecule has 0 spiro atoms. The summed E-state index contributed by atoms with van der Waals surface area (Å²) in [4.78, 5) is 0. The Hall–Kier alpha value is 0.110. The van der Waals surface area contributed by atoms with E-state index in [4.69, 9.17) is 9.47 Å². The van der Waals surface area contributed by atoms with Crippen molar-refractivity contribution in [3.8, 4) is 0 Å². The second-order valence-electron chi connectivity index (χ2n) is 9.06. The van der Waals surface area contributed by atoms with E-state index in [0.29, 0.717) is 26.1 Å². The lowest BCUT2D eigenvalue weighted by atomic mass is 10.1. The van der Waals surface area contributed by atoms with Gasteiger partial charge in [-0.25, -0.2) is 0 Å². The summed E-state index contributed by atoms with van der Waals surface area (Å²) in [6.45, 7) is 6.05. The van der Waals surface area contributed by atoms with Crippen molar-refractivity contribution >= 4 is 11.8 Å². The molecule has 0 radical (unpaired) electrons. The van der Waals surface area contributed by atoms with Gasteiger partial charge in [-0.1, -0.05) is 78.1 Å². The van der Waals surface area contributed by atoms with Crippen LogP contribution in [0.2, 0.25) is 0 Å². The van der Waals surface area contributed by atoms with Crippen LogP contribution in [0, 0.1) is 0 Å². The van der Waals surface area contributed by atoms with Crippen molar-refractivity contribution in [1.82, 2.24) is 0 Å². The zero-order valence-electron chi connectivity index (χ0n) is 21.5. The first kappa shape index (κ1) is 33.1. The van der Waals surface area contributed by atoms with E-state index >= 15 is 0 Å². The maximum atomic E-state index is 10.6. The highest BCUT2D eigenvalue weighted by molar-refractivity contribution is 8.00. The van der Waals surface area contributed by atoms with Gasteiger partial charge in [0, 0.05) is 36.9 Å². The number of ether oxygens (including phenoxy) is 2. The van der Waals surface area contributed by atoms with Crippen molar-refractivity contribution in [3.05, 3.63) is 0 Å². The van der Waals surface area contributed by atoms with Gasteiger partial charge in [-0.15, -0.1) is 11.8 Å². The van der Waals surface area contributed by atoms with E-state index in [0.717, 1.165) is 25.7 Å². The Kier molecular flexibility index (Phi) is 25.3. The lowest BCUT2D eigenvalue weighted by molar-refractivity contribution is 0.0264. The van der Waals surface area contributed by atoms with Crippen molar-refractivity contribution in [2.45, 2.75) is 126 Å². The summed E-state index contributed by atoms with van der Waals surface area (Å²) in [6.07, 6.45) is 13.7. The number of thioether (sulfide) groups is 1. The molecule has 0 heterocycles. The molecule has 4 N–H and O–H groups in total. The van der Waals surface area contributed by atoms with E-state index in [2.05, 4.69) is 13.8 Å². The van der Waals surface area contributed by atoms with Gasteiger partial charge in [-0.3, -0.25) is 0 Å². The first-order valence-corrected chi connectivity index (χ1v) is 14.4. The maximum Gasteiger partial charge on any atom is 0.0892 e. The van der Waals surface area contributed by atoms with Gasteiger partial charge in [-0.2, -0.15) is 0 Å². The highest BCUT2D eigenvalue weighted by Crippen LogP contribution is 2.28. The molecular weight excluding hydrogens is 440 g/mol. The van der Waals surface area contributed by atoms with Crippen LogP contribution in [-0.4, -0.2) is 82.8 Å². The molecule has 7 heteroatoms. The Balaban J connectivity index is 4.26. The van der Waals surface area contributed by atoms with Gasteiger partial charge in [0.1, 0.15) is 0 Å². The molecule has 0 aliphatic rings. The largest absolute Gasteiger partial charge is 0.396 e. The predicted molar refractivity (Wildman–Crippen MR) is 139 cm³/mol. The van der Waals surface area contributed by atoms with E-state index in [1.807, 2.05) is 0 Å². The number of hydrogen-bond donors (Lipinski definition) is 4. The Bertz CT molecular complexity index is 354. The summed E-state index contributed by atoms with van der Waals surface area (Å²) in [5.74, 6) is 0. The van der Waals surface area contributed by atoms with Crippen molar-refractivity contribution in [2.24, 2.45) is 0 Å². The Morgan fingerprint density at radius 1 is 0.576 bits per heavy atom. The van der Waals surface area contributed by atoms with E-state index in [-0.39, 0.29) is 36.9 Å². The number of aliphatic hydroxyl groups is 4. The molecule has 0 saturated heterocycles. The van der Waals surface area contributed by atoms with E-state index in [1.54, 1.807) is 0 Å². The third kappa shape index (κ3) is 20.0. The molecule has 33 heavy (non-hydrogen) atoms. The Morgan fingerprint density at radius 3 is 1.30 bits per heavy atom.